The van der Waals surface area contributed by atoms with Gasteiger partial charge < -0.3 is 26.2 Å². The lowest BCUT2D eigenvalue weighted by Gasteiger charge is -2.44. The van der Waals surface area contributed by atoms with Crippen molar-refractivity contribution in [1.82, 2.24) is 25.8 Å². The predicted octanol–water partition coefficient (Wildman–Crippen LogP) is 4.53. The fourth-order valence-electron chi connectivity index (χ4n) is 7.52. The summed E-state index contributed by atoms with van der Waals surface area (Å²) < 4.78 is 32.7. The minimum absolute atomic E-state index is 0.0401. The molecule has 258 valence electrons. The number of aromatic nitrogens is 2. The molecule has 1 unspecified atom stereocenters. The first-order valence-electron chi connectivity index (χ1n) is 16.7. The van der Waals surface area contributed by atoms with Gasteiger partial charge in [-0.2, -0.15) is 0 Å². The molecule has 1 saturated heterocycles. The number of aryl methyl sites for hydroxylation is 2. The van der Waals surface area contributed by atoms with Crippen LogP contribution in [0.5, 0.6) is 0 Å². The second-order valence-corrected chi connectivity index (χ2v) is 14.3. The smallest absolute Gasteiger partial charge is 0.318 e. The van der Waals surface area contributed by atoms with Gasteiger partial charge in [-0.1, -0.05) is 23.4 Å². The Kier molecular flexibility index (Phi) is 8.14. The highest BCUT2D eigenvalue weighted by atomic mass is 19.3. The first-order valence-corrected chi connectivity index (χ1v) is 16.7. The van der Waals surface area contributed by atoms with Crippen molar-refractivity contribution >= 4 is 35.1 Å². The molecule has 12 nitrogen and oxygen atoms in total. The molecule has 5 amide bonds. The van der Waals surface area contributed by atoms with Crippen LogP contribution < -0.4 is 21.3 Å². The molecule has 0 radical (unpaired) electrons. The third kappa shape index (κ3) is 6.47. The summed E-state index contributed by atoms with van der Waals surface area (Å²) >= 11 is 0. The largest absolute Gasteiger partial charge is 0.338 e. The molecule has 4 aliphatic rings. The number of hydrogen-bond acceptors (Lipinski definition) is 7. The summed E-state index contributed by atoms with van der Waals surface area (Å²) in [6.45, 7) is 4.53. The van der Waals surface area contributed by atoms with Gasteiger partial charge in [-0.05, 0) is 91.6 Å². The molecule has 1 aromatic heterocycles. The zero-order valence-electron chi connectivity index (χ0n) is 27.4. The molecular formula is C35H39F2N7O5. The molecule has 2 atom stereocenters. The number of nitrogens with zero attached hydrogens (tertiary/aromatic N) is 3. The van der Waals surface area contributed by atoms with Crippen LogP contribution in [0.1, 0.15) is 71.4 Å². The molecule has 3 fully saturated rings. The van der Waals surface area contributed by atoms with Crippen LogP contribution in [-0.4, -0.2) is 69.6 Å². The van der Waals surface area contributed by atoms with E-state index in [0.29, 0.717) is 24.5 Å². The summed E-state index contributed by atoms with van der Waals surface area (Å²) in [4.78, 5) is 56.2. The molecule has 2 saturated carbocycles. The number of halogens is 2. The van der Waals surface area contributed by atoms with Gasteiger partial charge in [-0.3, -0.25) is 14.4 Å². The highest BCUT2D eigenvalue weighted by Gasteiger charge is 2.57. The number of fused-ring (bicyclic) bond motifs is 1. The standard InChI is InChI=1S/C35H39F2N7O5/c1-20-4-3-5-25(14-20)40-31(47)34(44-19-33(12-13-33)18-38-32(44)48)16-23-6-7-26(15-24(23)17-34)39-30(46)28(22-8-10-35(36,37)11-9-22)41-29(45)27-21(2)42-49-43-27/h3-7,14-15,22,28H,8-13,16-19H2,1-2H3,(H,38,48)(H,39,46)(H,40,47)(H,41,45)/t28-,34?/m0/s1. The van der Waals surface area contributed by atoms with Gasteiger partial charge in [-0.25, -0.2) is 18.2 Å². The number of rotatable bonds is 8. The molecule has 7 rings (SSSR count). The Labute approximate surface area is 281 Å². The summed E-state index contributed by atoms with van der Waals surface area (Å²) in [5.74, 6) is -4.91. The van der Waals surface area contributed by atoms with E-state index in [-0.39, 0.29) is 54.4 Å². The van der Waals surface area contributed by atoms with E-state index in [1.807, 2.05) is 37.3 Å². The molecule has 3 aliphatic carbocycles. The number of carbonyl (C=O) groups excluding carboxylic acids is 4. The Hall–Kier alpha value is -4.88. The van der Waals surface area contributed by atoms with Crippen LogP contribution in [0.15, 0.2) is 47.1 Å². The van der Waals surface area contributed by atoms with E-state index in [1.165, 1.54) is 6.92 Å². The third-order valence-corrected chi connectivity index (χ3v) is 10.6. The summed E-state index contributed by atoms with van der Waals surface area (Å²) in [6.07, 6.45) is 1.78. The molecule has 2 heterocycles. The van der Waals surface area contributed by atoms with E-state index in [2.05, 4.69) is 36.2 Å². The number of benzene rings is 2. The van der Waals surface area contributed by atoms with E-state index >= 15 is 0 Å². The number of carbonyl (C=O) groups is 4. The summed E-state index contributed by atoms with van der Waals surface area (Å²) in [7, 11) is 0. The highest BCUT2D eigenvalue weighted by Crippen LogP contribution is 2.50. The topological polar surface area (TPSA) is 159 Å². The van der Waals surface area contributed by atoms with Crippen molar-refractivity contribution in [3.05, 3.63) is 70.5 Å². The van der Waals surface area contributed by atoms with Crippen LogP contribution in [0.2, 0.25) is 0 Å². The Bertz CT molecular complexity index is 1810. The summed E-state index contributed by atoms with van der Waals surface area (Å²) in [6, 6.07) is 11.4. The SMILES string of the molecule is Cc1cccc(NC(=O)C2(N3CC4(CC4)CNC3=O)Cc3ccc(NC(=O)[C@@H](NC(=O)c4nonc4C)C4CCC(F)(F)CC4)cc3C2)c1. The van der Waals surface area contributed by atoms with E-state index in [9.17, 15) is 28.0 Å². The van der Waals surface area contributed by atoms with Crippen LogP contribution in [0.25, 0.3) is 0 Å². The van der Waals surface area contributed by atoms with Gasteiger partial charge in [0.05, 0.1) is 0 Å². The molecule has 3 aromatic rings. The number of nitrogens with one attached hydrogen (secondary N) is 4. The maximum atomic E-state index is 14.3. The van der Waals surface area contributed by atoms with Crippen molar-refractivity contribution in [1.29, 1.82) is 0 Å². The fourth-order valence-corrected chi connectivity index (χ4v) is 7.52. The summed E-state index contributed by atoms with van der Waals surface area (Å²) in [5, 5.41) is 18.9. The molecular weight excluding hydrogens is 636 g/mol. The molecule has 4 N–H and O–H groups in total. The van der Waals surface area contributed by atoms with Crippen molar-refractivity contribution in [2.45, 2.75) is 82.7 Å². The number of amides is 5. The van der Waals surface area contributed by atoms with Crippen molar-refractivity contribution < 1.29 is 32.6 Å². The molecule has 1 spiro atoms. The van der Waals surface area contributed by atoms with Gasteiger partial charge in [0, 0.05) is 55.6 Å². The van der Waals surface area contributed by atoms with Crippen molar-refractivity contribution in [3.63, 3.8) is 0 Å². The molecule has 2 aromatic carbocycles. The second-order valence-electron chi connectivity index (χ2n) is 14.3. The Morgan fingerprint density at radius 1 is 0.959 bits per heavy atom. The normalized spacial score (nSPS) is 22.9. The van der Waals surface area contributed by atoms with Crippen LogP contribution in [-0.2, 0) is 22.4 Å². The van der Waals surface area contributed by atoms with E-state index < -0.39 is 48.1 Å². The van der Waals surface area contributed by atoms with Gasteiger partial charge >= 0.3 is 6.03 Å². The molecule has 49 heavy (non-hydrogen) atoms. The highest BCUT2D eigenvalue weighted by molar-refractivity contribution is 6.03. The van der Waals surface area contributed by atoms with Crippen molar-refractivity contribution in [2.75, 3.05) is 23.7 Å². The number of urea groups is 1. The lowest BCUT2D eigenvalue weighted by molar-refractivity contribution is -0.127. The van der Waals surface area contributed by atoms with Crippen molar-refractivity contribution in [2.24, 2.45) is 11.3 Å². The number of hydrogen-bond donors (Lipinski definition) is 4. The first-order chi connectivity index (χ1) is 23.4. The fraction of sp³-hybridized carbons (Fsp3) is 0.486. The van der Waals surface area contributed by atoms with Crippen LogP contribution in [0.4, 0.5) is 25.0 Å². The zero-order chi connectivity index (χ0) is 34.6. The maximum absolute atomic E-state index is 14.3. The quantitative estimate of drug-likeness (QED) is 0.273. The average Bonchev–Trinajstić information content (AvgIpc) is 3.47. The lowest BCUT2D eigenvalue weighted by Crippen LogP contribution is -2.66. The van der Waals surface area contributed by atoms with Gasteiger partial charge in [0.2, 0.25) is 11.8 Å². The zero-order valence-corrected chi connectivity index (χ0v) is 27.4. The van der Waals surface area contributed by atoms with Gasteiger partial charge in [0.15, 0.2) is 5.69 Å². The van der Waals surface area contributed by atoms with Crippen LogP contribution in [0.3, 0.4) is 0 Å². The molecule has 0 bridgehead atoms. The van der Waals surface area contributed by atoms with Crippen molar-refractivity contribution in [3.8, 4) is 0 Å². The van der Waals surface area contributed by atoms with Gasteiger partial charge in [0.25, 0.3) is 11.8 Å². The number of anilines is 2. The average molecular weight is 676 g/mol. The van der Waals surface area contributed by atoms with E-state index in [1.54, 1.807) is 17.0 Å². The summed E-state index contributed by atoms with van der Waals surface area (Å²) in [5.41, 5.74) is 2.60. The number of alkyl halides is 2. The molecule has 14 heteroatoms. The molecule has 1 aliphatic heterocycles. The van der Waals surface area contributed by atoms with E-state index in [0.717, 1.165) is 29.5 Å². The Morgan fingerprint density at radius 2 is 1.69 bits per heavy atom. The lowest BCUT2D eigenvalue weighted by atomic mass is 9.81. The Morgan fingerprint density at radius 3 is 2.39 bits per heavy atom. The van der Waals surface area contributed by atoms with Gasteiger partial charge in [-0.15, -0.1) is 0 Å². The minimum atomic E-state index is -2.82. The third-order valence-electron chi connectivity index (χ3n) is 10.6. The monoisotopic (exact) mass is 675 g/mol. The van der Waals surface area contributed by atoms with Crippen LogP contribution >= 0.6 is 0 Å². The maximum Gasteiger partial charge on any atom is 0.318 e. The Balaban J connectivity index is 1.14. The first kappa shape index (κ1) is 32.7. The second kappa shape index (κ2) is 12.2. The van der Waals surface area contributed by atoms with E-state index in [4.69, 9.17) is 0 Å². The predicted molar refractivity (Wildman–Crippen MR) is 174 cm³/mol. The van der Waals surface area contributed by atoms with Crippen LogP contribution in [0, 0.1) is 25.2 Å². The minimum Gasteiger partial charge on any atom is -0.338 e. The van der Waals surface area contributed by atoms with Gasteiger partial charge in [0.1, 0.15) is 17.3 Å².